The molecule has 0 aliphatic heterocycles. The Hall–Kier alpha value is -1.55. The van der Waals surface area contributed by atoms with E-state index in [4.69, 9.17) is 14.9 Å². The molecule has 4 heteroatoms. The van der Waals surface area contributed by atoms with Gasteiger partial charge in [0.15, 0.2) is 5.90 Å². The van der Waals surface area contributed by atoms with Crippen LogP contribution in [0.5, 0.6) is 5.75 Å². The summed E-state index contributed by atoms with van der Waals surface area (Å²) in [5, 5.41) is 10.6. The Bertz CT molecular complexity index is 367. The minimum Gasteiger partial charge on any atom is -0.494 e. The molecule has 0 bridgehead atoms. The van der Waals surface area contributed by atoms with Crippen LogP contribution in [0.4, 0.5) is 0 Å². The third-order valence-electron chi connectivity index (χ3n) is 2.41. The molecular weight excluding hydrogens is 228 g/mol. The normalized spacial score (nSPS) is 10.1. The van der Waals surface area contributed by atoms with Gasteiger partial charge in [-0.1, -0.05) is 12.1 Å². The predicted octanol–water partition coefficient (Wildman–Crippen LogP) is 2.58. The second-order valence-electron chi connectivity index (χ2n) is 3.99. The first-order valence-corrected chi connectivity index (χ1v) is 6.32. The highest BCUT2D eigenvalue weighted by molar-refractivity contribution is 5.72. The second kappa shape index (κ2) is 8.53. The van der Waals surface area contributed by atoms with E-state index in [0.717, 1.165) is 18.7 Å². The molecule has 0 aliphatic carbocycles. The molecule has 1 rings (SSSR count). The molecule has 2 N–H and O–H groups in total. The van der Waals surface area contributed by atoms with Gasteiger partial charge in [0.05, 0.1) is 13.2 Å². The van der Waals surface area contributed by atoms with E-state index < -0.39 is 0 Å². The summed E-state index contributed by atoms with van der Waals surface area (Å²) in [4.78, 5) is 0. The van der Waals surface area contributed by atoms with Crippen molar-refractivity contribution in [3.8, 4) is 5.75 Å². The summed E-state index contributed by atoms with van der Waals surface area (Å²) in [5.74, 6) is 1.22. The first kappa shape index (κ1) is 14.5. The molecule has 0 spiro atoms. The van der Waals surface area contributed by atoms with E-state index in [1.807, 2.05) is 32.2 Å². The summed E-state index contributed by atoms with van der Waals surface area (Å²) in [6.07, 6.45) is 1.43. The predicted molar refractivity (Wildman–Crippen MR) is 73.3 cm³/mol. The summed E-state index contributed by atoms with van der Waals surface area (Å²) in [6.45, 7) is 3.90. The fourth-order valence-electron chi connectivity index (χ4n) is 1.62. The number of hydrogen-bond donors (Lipinski definition) is 2. The van der Waals surface area contributed by atoms with Gasteiger partial charge >= 0.3 is 0 Å². The number of benzene rings is 1. The van der Waals surface area contributed by atoms with Crippen LogP contribution in [0.1, 0.15) is 25.3 Å². The van der Waals surface area contributed by atoms with Crippen LogP contribution in [0.2, 0.25) is 0 Å². The van der Waals surface area contributed by atoms with Crippen molar-refractivity contribution >= 4 is 5.90 Å². The maximum atomic E-state index is 7.47. The van der Waals surface area contributed by atoms with Gasteiger partial charge in [-0.2, -0.15) is 0 Å². The van der Waals surface area contributed by atoms with Crippen LogP contribution < -0.4 is 10.1 Å². The van der Waals surface area contributed by atoms with Crippen LogP contribution >= 0.6 is 0 Å². The zero-order valence-electron chi connectivity index (χ0n) is 11.2. The fraction of sp³-hybridized carbons (Fsp3) is 0.500. The van der Waals surface area contributed by atoms with Crippen LogP contribution in [-0.2, 0) is 11.3 Å². The van der Waals surface area contributed by atoms with Crippen molar-refractivity contribution < 1.29 is 9.47 Å². The summed E-state index contributed by atoms with van der Waals surface area (Å²) >= 11 is 0. The molecule has 0 atom stereocenters. The summed E-state index contributed by atoms with van der Waals surface area (Å²) in [6, 6.07) is 8.04. The second-order valence-corrected chi connectivity index (χ2v) is 3.99. The smallest absolute Gasteiger partial charge is 0.180 e. The maximum absolute atomic E-state index is 7.47. The number of nitrogens with one attached hydrogen (secondary N) is 2. The first-order chi connectivity index (χ1) is 8.76. The number of rotatable bonds is 8. The van der Waals surface area contributed by atoms with Crippen molar-refractivity contribution in [2.24, 2.45) is 0 Å². The zero-order valence-corrected chi connectivity index (χ0v) is 11.2. The molecule has 100 valence electrons. The average Bonchev–Trinajstić information content (AvgIpc) is 2.36. The van der Waals surface area contributed by atoms with Gasteiger partial charge in [-0.3, -0.25) is 5.41 Å². The van der Waals surface area contributed by atoms with Gasteiger partial charge in [-0.05, 0) is 38.1 Å². The van der Waals surface area contributed by atoms with E-state index >= 15 is 0 Å². The molecule has 0 unspecified atom stereocenters. The van der Waals surface area contributed by atoms with E-state index in [1.54, 1.807) is 0 Å². The largest absolute Gasteiger partial charge is 0.494 e. The lowest BCUT2D eigenvalue weighted by Crippen LogP contribution is -2.07. The van der Waals surface area contributed by atoms with E-state index in [9.17, 15) is 0 Å². The molecule has 0 radical (unpaired) electrons. The molecule has 0 saturated carbocycles. The average molecular weight is 250 g/mol. The minimum absolute atomic E-state index is 0.338. The van der Waals surface area contributed by atoms with Gasteiger partial charge in [0.25, 0.3) is 0 Å². The molecule has 1 aromatic rings. The Labute approximate surface area is 109 Å². The van der Waals surface area contributed by atoms with E-state index in [-0.39, 0.29) is 0 Å². The SMILES string of the molecule is CCOC(=N)CCCOc1cccc(CNC)c1. The molecule has 0 aliphatic rings. The Balaban J connectivity index is 2.26. The Morgan fingerprint density at radius 1 is 1.39 bits per heavy atom. The molecule has 0 heterocycles. The first-order valence-electron chi connectivity index (χ1n) is 6.32. The summed E-state index contributed by atoms with van der Waals surface area (Å²) < 4.78 is 10.7. The molecule has 1 aromatic carbocycles. The van der Waals surface area contributed by atoms with E-state index in [2.05, 4.69) is 11.4 Å². The number of hydrogen-bond acceptors (Lipinski definition) is 4. The van der Waals surface area contributed by atoms with Gasteiger partial charge in [0.2, 0.25) is 0 Å². The maximum Gasteiger partial charge on any atom is 0.180 e. The standard InChI is InChI=1S/C14H22N2O2/c1-3-17-14(15)8-5-9-18-13-7-4-6-12(10-13)11-16-2/h4,6-7,10,15-16H,3,5,8-9,11H2,1-2H3. The lowest BCUT2D eigenvalue weighted by atomic mass is 10.2. The Morgan fingerprint density at radius 3 is 2.94 bits per heavy atom. The van der Waals surface area contributed by atoms with Crippen LogP contribution in [0.3, 0.4) is 0 Å². The van der Waals surface area contributed by atoms with Crippen LogP contribution in [0.25, 0.3) is 0 Å². The third-order valence-corrected chi connectivity index (χ3v) is 2.41. The summed E-state index contributed by atoms with van der Waals surface area (Å²) in [5.41, 5.74) is 1.21. The highest BCUT2D eigenvalue weighted by atomic mass is 16.5. The lowest BCUT2D eigenvalue weighted by Gasteiger charge is -2.08. The van der Waals surface area contributed by atoms with Gasteiger partial charge in [0.1, 0.15) is 5.75 Å². The van der Waals surface area contributed by atoms with Crippen molar-refractivity contribution in [3.63, 3.8) is 0 Å². The van der Waals surface area contributed by atoms with Crippen molar-refractivity contribution in [3.05, 3.63) is 29.8 Å². The zero-order chi connectivity index (χ0) is 13.2. The van der Waals surface area contributed by atoms with Gasteiger partial charge in [-0.15, -0.1) is 0 Å². The summed E-state index contributed by atoms with van der Waals surface area (Å²) in [7, 11) is 1.92. The molecule has 0 amide bonds. The van der Waals surface area contributed by atoms with Crippen molar-refractivity contribution in [1.82, 2.24) is 5.32 Å². The van der Waals surface area contributed by atoms with E-state index in [0.29, 0.717) is 25.5 Å². The molecule has 0 fully saturated rings. The highest BCUT2D eigenvalue weighted by Gasteiger charge is 1.99. The van der Waals surface area contributed by atoms with Crippen molar-refractivity contribution in [2.45, 2.75) is 26.3 Å². The van der Waals surface area contributed by atoms with Crippen LogP contribution in [0.15, 0.2) is 24.3 Å². The fourth-order valence-corrected chi connectivity index (χ4v) is 1.62. The van der Waals surface area contributed by atoms with Gasteiger partial charge in [-0.25, -0.2) is 0 Å². The monoisotopic (exact) mass is 250 g/mol. The quantitative estimate of drug-likeness (QED) is 0.423. The Kier molecular flexibility index (Phi) is 6.87. The van der Waals surface area contributed by atoms with Gasteiger partial charge < -0.3 is 14.8 Å². The van der Waals surface area contributed by atoms with Crippen molar-refractivity contribution in [1.29, 1.82) is 5.41 Å². The third kappa shape index (κ3) is 5.68. The Morgan fingerprint density at radius 2 is 2.22 bits per heavy atom. The lowest BCUT2D eigenvalue weighted by molar-refractivity contribution is 0.289. The molecular formula is C14H22N2O2. The van der Waals surface area contributed by atoms with Gasteiger partial charge in [0, 0.05) is 13.0 Å². The van der Waals surface area contributed by atoms with E-state index in [1.165, 1.54) is 5.56 Å². The topological polar surface area (TPSA) is 54.3 Å². The molecule has 18 heavy (non-hydrogen) atoms. The molecule has 0 aromatic heterocycles. The number of ether oxygens (including phenoxy) is 2. The van der Waals surface area contributed by atoms with Crippen LogP contribution in [0, 0.1) is 5.41 Å². The molecule has 0 saturated heterocycles. The van der Waals surface area contributed by atoms with Crippen molar-refractivity contribution in [2.75, 3.05) is 20.3 Å². The minimum atomic E-state index is 0.338. The molecule has 4 nitrogen and oxygen atoms in total. The highest BCUT2D eigenvalue weighted by Crippen LogP contribution is 2.13. The van der Waals surface area contributed by atoms with Crippen LogP contribution in [-0.4, -0.2) is 26.2 Å².